The van der Waals surface area contributed by atoms with E-state index in [0.29, 0.717) is 11.3 Å². The first-order valence-corrected chi connectivity index (χ1v) is 6.02. The number of rotatable bonds is 2. The summed E-state index contributed by atoms with van der Waals surface area (Å²) in [7, 11) is 0. The first-order chi connectivity index (χ1) is 8.26. The molecule has 17 heavy (non-hydrogen) atoms. The third-order valence-corrected chi connectivity index (χ3v) is 3.32. The van der Waals surface area contributed by atoms with Gasteiger partial charge in [-0.2, -0.15) is 5.26 Å². The minimum Gasteiger partial charge on any atom is -0.397 e. The number of hydrogen-bond donors (Lipinski definition) is 1. The third-order valence-electron chi connectivity index (χ3n) is 3.32. The summed E-state index contributed by atoms with van der Waals surface area (Å²) in [6.07, 6.45) is 0. The fraction of sp³-hybridized carbons (Fsp3) is 0.462. The molecule has 0 unspecified atom stereocenters. The second-order valence-corrected chi connectivity index (χ2v) is 4.28. The van der Waals surface area contributed by atoms with E-state index in [4.69, 9.17) is 11.0 Å². The molecule has 0 atom stereocenters. The van der Waals surface area contributed by atoms with Gasteiger partial charge >= 0.3 is 0 Å². The minimum atomic E-state index is 0.676. The van der Waals surface area contributed by atoms with Crippen LogP contribution >= 0.6 is 0 Å². The largest absolute Gasteiger partial charge is 0.397 e. The highest BCUT2D eigenvalue weighted by Gasteiger charge is 2.19. The smallest absolute Gasteiger partial charge is 0.101 e. The normalized spacial score (nSPS) is 16.8. The first kappa shape index (κ1) is 11.7. The van der Waals surface area contributed by atoms with E-state index in [1.807, 2.05) is 18.2 Å². The Morgan fingerprint density at radius 3 is 2.59 bits per heavy atom. The predicted octanol–water partition coefficient (Wildman–Crippen LogP) is 1.28. The van der Waals surface area contributed by atoms with E-state index in [1.165, 1.54) is 0 Å². The van der Waals surface area contributed by atoms with Gasteiger partial charge in [0.05, 0.1) is 16.9 Å². The number of nitrogens with two attached hydrogens (primary N) is 1. The van der Waals surface area contributed by atoms with Crippen molar-refractivity contribution < 1.29 is 0 Å². The van der Waals surface area contributed by atoms with Crippen molar-refractivity contribution in [3.8, 4) is 6.07 Å². The molecule has 1 aromatic carbocycles. The molecule has 0 aromatic heterocycles. The Balaban J connectivity index is 2.21. The molecule has 0 radical (unpaired) electrons. The fourth-order valence-corrected chi connectivity index (χ4v) is 2.29. The number of nitrogens with zero attached hydrogens (tertiary/aromatic N) is 3. The highest BCUT2D eigenvalue weighted by molar-refractivity contribution is 5.74. The van der Waals surface area contributed by atoms with Gasteiger partial charge in [0.15, 0.2) is 0 Å². The summed E-state index contributed by atoms with van der Waals surface area (Å²) in [6.45, 7) is 7.22. The summed E-state index contributed by atoms with van der Waals surface area (Å²) in [5.74, 6) is 0. The average Bonchev–Trinajstić information content (AvgIpc) is 2.38. The number of nitrogen functional groups attached to an aromatic ring is 1. The van der Waals surface area contributed by atoms with E-state index in [2.05, 4.69) is 22.8 Å². The lowest BCUT2D eigenvalue weighted by molar-refractivity contribution is 0.271. The second-order valence-electron chi connectivity index (χ2n) is 4.28. The lowest BCUT2D eigenvalue weighted by Crippen LogP contribution is -2.46. The van der Waals surface area contributed by atoms with Crippen LogP contribution in [0.5, 0.6) is 0 Å². The number of para-hydroxylation sites is 1. The number of piperazine rings is 1. The number of benzene rings is 1. The zero-order valence-corrected chi connectivity index (χ0v) is 10.2. The molecule has 1 fully saturated rings. The molecule has 1 aliphatic rings. The summed E-state index contributed by atoms with van der Waals surface area (Å²) in [5.41, 5.74) is 8.28. The Bertz CT molecular complexity index is 428. The Kier molecular flexibility index (Phi) is 3.50. The van der Waals surface area contributed by atoms with Crippen molar-refractivity contribution in [1.29, 1.82) is 5.26 Å². The quantitative estimate of drug-likeness (QED) is 0.778. The van der Waals surface area contributed by atoms with Crippen LogP contribution in [0.3, 0.4) is 0 Å². The van der Waals surface area contributed by atoms with Crippen LogP contribution in [0.25, 0.3) is 0 Å². The molecule has 2 rings (SSSR count). The Morgan fingerprint density at radius 2 is 2.00 bits per heavy atom. The molecule has 1 aromatic rings. The maximum atomic E-state index is 9.13. The van der Waals surface area contributed by atoms with Crippen LogP contribution in [0.15, 0.2) is 18.2 Å². The number of likely N-dealkylation sites (N-methyl/N-ethyl adjacent to an activating group) is 1. The van der Waals surface area contributed by atoms with Crippen molar-refractivity contribution in [3.05, 3.63) is 23.8 Å². The highest BCUT2D eigenvalue weighted by Crippen LogP contribution is 2.28. The van der Waals surface area contributed by atoms with Crippen LogP contribution in [0, 0.1) is 11.3 Å². The zero-order valence-electron chi connectivity index (χ0n) is 10.2. The highest BCUT2D eigenvalue weighted by atomic mass is 15.3. The molecule has 1 heterocycles. The molecule has 2 N–H and O–H groups in total. The summed E-state index contributed by atoms with van der Waals surface area (Å²) < 4.78 is 0. The SMILES string of the molecule is CCN1CCN(c2c(N)cccc2C#N)CC1. The molecule has 90 valence electrons. The predicted molar refractivity (Wildman–Crippen MR) is 69.9 cm³/mol. The summed E-state index contributed by atoms with van der Waals surface area (Å²) in [6, 6.07) is 7.75. The molecule has 0 spiro atoms. The molecule has 0 aliphatic carbocycles. The molecular formula is C13H18N4. The van der Waals surface area contributed by atoms with Crippen molar-refractivity contribution >= 4 is 11.4 Å². The Labute approximate surface area is 102 Å². The van der Waals surface area contributed by atoms with Crippen LogP contribution in [0.4, 0.5) is 11.4 Å². The Morgan fingerprint density at radius 1 is 1.29 bits per heavy atom. The van der Waals surface area contributed by atoms with E-state index in [0.717, 1.165) is 38.4 Å². The van der Waals surface area contributed by atoms with E-state index in [-0.39, 0.29) is 0 Å². The number of anilines is 2. The standard InChI is InChI=1S/C13H18N4/c1-2-16-6-8-17(9-7-16)13-11(10-14)4-3-5-12(13)15/h3-5H,2,6-9,15H2,1H3. The molecule has 0 saturated carbocycles. The van der Waals surface area contributed by atoms with Crippen LogP contribution in [0.1, 0.15) is 12.5 Å². The lowest BCUT2D eigenvalue weighted by Gasteiger charge is -2.36. The van der Waals surface area contributed by atoms with Gasteiger partial charge in [-0.3, -0.25) is 0 Å². The summed E-state index contributed by atoms with van der Waals surface area (Å²) in [5, 5.41) is 9.13. The van der Waals surface area contributed by atoms with Gasteiger partial charge in [-0.05, 0) is 18.7 Å². The lowest BCUT2D eigenvalue weighted by atomic mass is 10.1. The fourth-order valence-electron chi connectivity index (χ4n) is 2.29. The topological polar surface area (TPSA) is 56.3 Å². The first-order valence-electron chi connectivity index (χ1n) is 6.02. The van der Waals surface area contributed by atoms with Crippen molar-refractivity contribution in [2.45, 2.75) is 6.92 Å². The maximum absolute atomic E-state index is 9.13. The van der Waals surface area contributed by atoms with E-state index >= 15 is 0 Å². The van der Waals surface area contributed by atoms with Gasteiger partial charge in [-0.25, -0.2) is 0 Å². The van der Waals surface area contributed by atoms with E-state index < -0.39 is 0 Å². The van der Waals surface area contributed by atoms with Crippen molar-refractivity contribution in [3.63, 3.8) is 0 Å². The van der Waals surface area contributed by atoms with Crippen LogP contribution in [0.2, 0.25) is 0 Å². The molecule has 4 heteroatoms. The van der Waals surface area contributed by atoms with Gasteiger partial charge in [0.2, 0.25) is 0 Å². The van der Waals surface area contributed by atoms with Gasteiger partial charge in [0.25, 0.3) is 0 Å². The van der Waals surface area contributed by atoms with Crippen molar-refractivity contribution in [1.82, 2.24) is 4.90 Å². The third kappa shape index (κ3) is 2.34. The molecule has 4 nitrogen and oxygen atoms in total. The van der Waals surface area contributed by atoms with Crippen molar-refractivity contribution in [2.75, 3.05) is 43.4 Å². The molecule has 0 bridgehead atoms. The second kappa shape index (κ2) is 5.07. The van der Waals surface area contributed by atoms with Crippen LogP contribution in [-0.2, 0) is 0 Å². The average molecular weight is 230 g/mol. The van der Waals surface area contributed by atoms with Crippen LogP contribution in [-0.4, -0.2) is 37.6 Å². The monoisotopic (exact) mass is 230 g/mol. The molecule has 0 amide bonds. The molecule has 1 aliphatic heterocycles. The zero-order chi connectivity index (χ0) is 12.3. The van der Waals surface area contributed by atoms with Gasteiger partial charge in [0.1, 0.15) is 6.07 Å². The summed E-state index contributed by atoms with van der Waals surface area (Å²) >= 11 is 0. The number of hydrogen-bond acceptors (Lipinski definition) is 4. The summed E-state index contributed by atoms with van der Waals surface area (Å²) in [4.78, 5) is 4.63. The van der Waals surface area contributed by atoms with E-state index in [9.17, 15) is 0 Å². The van der Waals surface area contributed by atoms with Gasteiger partial charge < -0.3 is 15.5 Å². The molecular weight excluding hydrogens is 212 g/mol. The van der Waals surface area contributed by atoms with Crippen molar-refractivity contribution in [2.24, 2.45) is 0 Å². The molecule has 1 saturated heterocycles. The Hall–Kier alpha value is -1.73. The van der Waals surface area contributed by atoms with E-state index in [1.54, 1.807) is 0 Å². The van der Waals surface area contributed by atoms with Gasteiger partial charge in [-0.1, -0.05) is 13.0 Å². The van der Waals surface area contributed by atoms with Gasteiger partial charge in [0, 0.05) is 26.2 Å². The van der Waals surface area contributed by atoms with Crippen LogP contribution < -0.4 is 10.6 Å². The van der Waals surface area contributed by atoms with Gasteiger partial charge in [-0.15, -0.1) is 0 Å². The maximum Gasteiger partial charge on any atom is 0.101 e. The minimum absolute atomic E-state index is 0.676. The number of nitriles is 1.